The van der Waals surface area contributed by atoms with E-state index in [4.69, 9.17) is 9.47 Å². The lowest BCUT2D eigenvalue weighted by Gasteiger charge is -2.16. The van der Waals surface area contributed by atoms with Crippen molar-refractivity contribution in [3.63, 3.8) is 0 Å². The minimum absolute atomic E-state index is 0.0550. The highest BCUT2D eigenvalue weighted by atomic mass is 79.9. The number of thiophene rings is 1. The molecular weight excluding hydrogens is 366 g/mol. The van der Waals surface area contributed by atoms with Crippen LogP contribution >= 0.6 is 27.3 Å². The van der Waals surface area contributed by atoms with E-state index in [1.54, 1.807) is 30.4 Å². The minimum atomic E-state index is 0.0550. The van der Waals surface area contributed by atoms with Crippen LogP contribution in [0.25, 0.3) is 0 Å². The molecule has 118 valence electrons. The molecule has 0 aliphatic heterocycles. The number of halogens is 1. The summed E-state index contributed by atoms with van der Waals surface area (Å²) in [6.07, 6.45) is 0.334. The molecular formula is C16H18BrNO3S. The molecule has 0 aliphatic carbocycles. The normalized spacial score (nSPS) is 10.3. The molecule has 0 saturated heterocycles. The zero-order valence-corrected chi connectivity index (χ0v) is 14.9. The number of hydrogen-bond donors (Lipinski definition) is 0. The highest BCUT2D eigenvalue weighted by Crippen LogP contribution is 2.26. The summed E-state index contributed by atoms with van der Waals surface area (Å²) in [5, 5.41) is 0. The predicted molar refractivity (Wildman–Crippen MR) is 91.6 cm³/mol. The smallest absolute Gasteiger partial charge is 0.226 e. The molecule has 0 radical (unpaired) electrons. The molecule has 2 rings (SSSR count). The van der Waals surface area contributed by atoms with Crippen molar-refractivity contribution < 1.29 is 14.3 Å². The van der Waals surface area contributed by atoms with Crippen molar-refractivity contribution in [2.45, 2.75) is 13.0 Å². The summed E-state index contributed by atoms with van der Waals surface area (Å²) >= 11 is 5.06. The third kappa shape index (κ3) is 4.74. The average molecular weight is 384 g/mol. The Hall–Kier alpha value is -1.53. The number of rotatable bonds is 7. The van der Waals surface area contributed by atoms with Gasteiger partial charge in [0, 0.05) is 11.9 Å². The van der Waals surface area contributed by atoms with E-state index < -0.39 is 0 Å². The Balaban J connectivity index is 1.79. The molecule has 1 amide bonds. The summed E-state index contributed by atoms with van der Waals surface area (Å²) in [5.74, 6) is 1.38. The van der Waals surface area contributed by atoms with Gasteiger partial charge in [0.2, 0.25) is 5.91 Å². The third-order valence-electron chi connectivity index (χ3n) is 3.09. The van der Waals surface area contributed by atoms with Crippen LogP contribution in [0.5, 0.6) is 11.5 Å². The number of carbonyl (C=O) groups excluding carboxylic acids is 1. The Morgan fingerprint density at radius 3 is 2.59 bits per heavy atom. The fraction of sp³-hybridized carbons (Fsp3) is 0.312. The van der Waals surface area contributed by atoms with E-state index in [0.29, 0.717) is 31.1 Å². The van der Waals surface area contributed by atoms with Gasteiger partial charge in [-0.05, 0) is 40.2 Å². The van der Waals surface area contributed by atoms with Crippen LogP contribution in [0.15, 0.2) is 40.2 Å². The first-order chi connectivity index (χ1) is 10.6. The number of hydrogen-bond acceptors (Lipinski definition) is 4. The van der Waals surface area contributed by atoms with Gasteiger partial charge >= 0.3 is 0 Å². The van der Waals surface area contributed by atoms with Gasteiger partial charge in [-0.25, -0.2) is 0 Å². The van der Waals surface area contributed by atoms with Crippen LogP contribution < -0.4 is 9.47 Å². The second kappa shape index (κ2) is 8.19. The first kappa shape index (κ1) is 16.8. The molecule has 1 aromatic carbocycles. The zero-order chi connectivity index (χ0) is 15.9. The van der Waals surface area contributed by atoms with Crippen LogP contribution in [0, 0.1) is 0 Å². The molecule has 0 saturated carbocycles. The first-order valence-corrected chi connectivity index (χ1v) is 8.45. The van der Waals surface area contributed by atoms with Gasteiger partial charge in [0.05, 0.1) is 30.5 Å². The van der Waals surface area contributed by atoms with E-state index in [0.717, 1.165) is 8.66 Å². The third-order valence-corrected chi connectivity index (χ3v) is 4.70. The number of amides is 1. The highest BCUT2D eigenvalue weighted by molar-refractivity contribution is 9.11. The lowest BCUT2D eigenvalue weighted by Crippen LogP contribution is -2.27. The van der Waals surface area contributed by atoms with Crippen LogP contribution in [-0.4, -0.2) is 31.6 Å². The molecule has 0 atom stereocenters. The van der Waals surface area contributed by atoms with Crippen molar-refractivity contribution in [2.24, 2.45) is 0 Å². The SMILES string of the molecule is COc1ccccc1OCCC(=O)N(C)Cc1ccc(Br)s1. The molecule has 0 N–H and O–H groups in total. The van der Waals surface area contributed by atoms with Gasteiger partial charge in [-0.2, -0.15) is 0 Å². The van der Waals surface area contributed by atoms with E-state index in [-0.39, 0.29) is 5.91 Å². The Labute approximate surface area is 142 Å². The zero-order valence-electron chi connectivity index (χ0n) is 12.5. The summed E-state index contributed by atoms with van der Waals surface area (Å²) in [7, 11) is 3.40. The van der Waals surface area contributed by atoms with Gasteiger partial charge in [0.1, 0.15) is 0 Å². The molecule has 0 unspecified atom stereocenters. The van der Waals surface area contributed by atoms with E-state index in [1.807, 2.05) is 36.4 Å². The van der Waals surface area contributed by atoms with Gasteiger partial charge in [-0.3, -0.25) is 4.79 Å². The maximum atomic E-state index is 12.1. The Bertz CT molecular complexity index is 629. The van der Waals surface area contributed by atoms with Crippen LogP contribution in [0.3, 0.4) is 0 Å². The van der Waals surface area contributed by atoms with Gasteiger partial charge in [0.15, 0.2) is 11.5 Å². The molecule has 1 aromatic heterocycles. The minimum Gasteiger partial charge on any atom is -0.493 e. The van der Waals surface area contributed by atoms with Crippen LogP contribution in [0.4, 0.5) is 0 Å². The lowest BCUT2D eigenvalue weighted by atomic mass is 10.3. The van der Waals surface area contributed by atoms with Crippen LogP contribution in [-0.2, 0) is 11.3 Å². The maximum Gasteiger partial charge on any atom is 0.226 e. The molecule has 0 bridgehead atoms. The van der Waals surface area contributed by atoms with E-state index >= 15 is 0 Å². The molecule has 0 aliphatic rings. The Kier molecular flexibility index (Phi) is 6.27. The molecule has 6 heteroatoms. The lowest BCUT2D eigenvalue weighted by molar-refractivity contribution is -0.130. The standard InChI is InChI=1S/C16H18BrNO3S/c1-18(11-12-7-8-15(17)22-12)16(19)9-10-21-14-6-4-3-5-13(14)20-2/h3-8H,9-11H2,1-2H3. The fourth-order valence-electron chi connectivity index (χ4n) is 1.94. The number of nitrogens with zero attached hydrogens (tertiary/aromatic N) is 1. The Morgan fingerprint density at radius 1 is 1.23 bits per heavy atom. The van der Waals surface area contributed by atoms with Crippen LogP contribution in [0.2, 0.25) is 0 Å². The quantitative estimate of drug-likeness (QED) is 0.726. The summed E-state index contributed by atoms with van der Waals surface area (Å²) < 4.78 is 11.9. The van der Waals surface area contributed by atoms with E-state index in [1.165, 1.54) is 0 Å². The molecule has 0 spiro atoms. The number of para-hydroxylation sites is 2. The Morgan fingerprint density at radius 2 is 1.95 bits per heavy atom. The largest absolute Gasteiger partial charge is 0.493 e. The van der Waals surface area contributed by atoms with Crippen molar-refractivity contribution in [1.29, 1.82) is 0 Å². The van der Waals surface area contributed by atoms with Gasteiger partial charge in [-0.15, -0.1) is 11.3 Å². The summed E-state index contributed by atoms with van der Waals surface area (Å²) in [5.41, 5.74) is 0. The number of ether oxygens (including phenoxy) is 2. The monoisotopic (exact) mass is 383 g/mol. The van der Waals surface area contributed by atoms with Crippen LogP contribution in [0.1, 0.15) is 11.3 Å². The number of carbonyl (C=O) groups is 1. The summed E-state index contributed by atoms with van der Waals surface area (Å²) in [6.45, 7) is 0.946. The summed E-state index contributed by atoms with van der Waals surface area (Å²) in [6, 6.07) is 11.4. The second-order valence-corrected chi connectivity index (χ2v) is 7.25. The van der Waals surface area contributed by atoms with Gasteiger partial charge < -0.3 is 14.4 Å². The second-order valence-electron chi connectivity index (χ2n) is 4.70. The highest BCUT2D eigenvalue weighted by Gasteiger charge is 2.11. The maximum absolute atomic E-state index is 12.1. The number of benzene rings is 1. The van der Waals surface area contributed by atoms with Crippen molar-refractivity contribution in [1.82, 2.24) is 4.90 Å². The molecule has 4 nitrogen and oxygen atoms in total. The molecule has 1 heterocycles. The van der Waals surface area contributed by atoms with Gasteiger partial charge in [-0.1, -0.05) is 12.1 Å². The first-order valence-electron chi connectivity index (χ1n) is 6.84. The van der Waals surface area contributed by atoms with Crippen molar-refractivity contribution in [2.75, 3.05) is 20.8 Å². The van der Waals surface area contributed by atoms with Crippen molar-refractivity contribution in [3.05, 3.63) is 45.1 Å². The predicted octanol–water partition coefficient (Wildman–Crippen LogP) is 3.95. The average Bonchev–Trinajstić information content (AvgIpc) is 2.92. The molecule has 0 fully saturated rings. The number of methoxy groups -OCH3 is 1. The van der Waals surface area contributed by atoms with Crippen molar-refractivity contribution in [3.8, 4) is 11.5 Å². The van der Waals surface area contributed by atoms with Crippen molar-refractivity contribution >= 4 is 33.2 Å². The van der Waals surface area contributed by atoms with E-state index in [2.05, 4.69) is 15.9 Å². The van der Waals surface area contributed by atoms with Gasteiger partial charge in [0.25, 0.3) is 0 Å². The summed E-state index contributed by atoms with van der Waals surface area (Å²) in [4.78, 5) is 15.0. The fourth-order valence-corrected chi connectivity index (χ4v) is 3.47. The topological polar surface area (TPSA) is 38.8 Å². The molecule has 22 heavy (non-hydrogen) atoms. The van der Waals surface area contributed by atoms with E-state index in [9.17, 15) is 4.79 Å². The molecule has 2 aromatic rings.